The van der Waals surface area contributed by atoms with Crippen LogP contribution in [0.3, 0.4) is 0 Å². The normalized spacial score (nSPS) is 17.0. The summed E-state index contributed by atoms with van der Waals surface area (Å²) in [5, 5.41) is 8.96. The van der Waals surface area contributed by atoms with E-state index < -0.39 is 11.9 Å². The first kappa shape index (κ1) is 15.0. The average molecular weight is 290 g/mol. The molecule has 1 heterocycles. The standard InChI is InChI=1S/C15H18N2O4/c1-10(15(20)21)12-5-3-11(4-6-12)7-17-9-13(18)16(2)8-14(17)19/h3-6,10H,7-9H2,1-2H3,(H,20,21). The van der Waals surface area contributed by atoms with Crippen molar-refractivity contribution in [2.24, 2.45) is 0 Å². The van der Waals surface area contributed by atoms with Gasteiger partial charge in [-0.3, -0.25) is 14.4 Å². The minimum absolute atomic E-state index is 0.0780. The largest absolute Gasteiger partial charge is 0.481 e. The minimum Gasteiger partial charge on any atom is -0.481 e. The summed E-state index contributed by atoms with van der Waals surface area (Å²) in [7, 11) is 1.61. The average Bonchev–Trinajstić information content (AvgIpc) is 2.44. The Kier molecular flexibility index (Phi) is 4.26. The van der Waals surface area contributed by atoms with E-state index >= 15 is 0 Å². The van der Waals surface area contributed by atoms with Gasteiger partial charge in [0.2, 0.25) is 11.8 Å². The van der Waals surface area contributed by atoms with Crippen LogP contribution < -0.4 is 0 Å². The van der Waals surface area contributed by atoms with Crippen LogP contribution in [0.4, 0.5) is 0 Å². The number of benzene rings is 1. The summed E-state index contributed by atoms with van der Waals surface area (Å²) >= 11 is 0. The second kappa shape index (κ2) is 5.95. The van der Waals surface area contributed by atoms with Crippen LogP contribution in [0.2, 0.25) is 0 Å². The van der Waals surface area contributed by atoms with Crippen LogP contribution in [0.1, 0.15) is 24.0 Å². The van der Waals surface area contributed by atoms with E-state index in [2.05, 4.69) is 0 Å². The molecular formula is C15H18N2O4. The van der Waals surface area contributed by atoms with Crippen LogP contribution in [0.15, 0.2) is 24.3 Å². The topological polar surface area (TPSA) is 77.9 Å². The zero-order valence-electron chi connectivity index (χ0n) is 12.1. The van der Waals surface area contributed by atoms with Crippen molar-refractivity contribution in [3.63, 3.8) is 0 Å². The van der Waals surface area contributed by atoms with Crippen molar-refractivity contribution in [1.82, 2.24) is 9.80 Å². The van der Waals surface area contributed by atoms with Gasteiger partial charge in [-0.25, -0.2) is 0 Å². The second-order valence-corrected chi connectivity index (χ2v) is 5.30. The second-order valence-electron chi connectivity index (χ2n) is 5.30. The van der Waals surface area contributed by atoms with Crippen LogP contribution in [0.5, 0.6) is 0 Å². The van der Waals surface area contributed by atoms with E-state index in [9.17, 15) is 14.4 Å². The number of hydrogen-bond donors (Lipinski definition) is 1. The van der Waals surface area contributed by atoms with Crippen LogP contribution in [-0.2, 0) is 20.9 Å². The highest BCUT2D eigenvalue weighted by Crippen LogP contribution is 2.17. The fraction of sp³-hybridized carbons (Fsp3) is 0.400. The minimum atomic E-state index is -0.873. The van der Waals surface area contributed by atoms with E-state index in [1.807, 2.05) is 0 Å². The number of piperazine rings is 1. The molecule has 1 aliphatic heterocycles. The monoisotopic (exact) mass is 290 g/mol. The predicted octanol–water partition coefficient (Wildman–Crippen LogP) is 0.675. The quantitative estimate of drug-likeness (QED) is 0.884. The maximum atomic E-state index is 11.9. The van der Waals surface area contributed by atoms with E-state index in [4.69, 9.17) is 5.11 Å². The highest BCUT2D eigenvalue weighted by Gasteiger charge is 2.27. The molecule has 2 rings (SSSR count). The van der Waals surface area contributed by atoms with Crippen molar-refractivity contribution >= 4 is 17.8 Å². The molecule has 6 heteroatoms. The lowest BCUT2D eigenvalue weighted by Crippen LogP contribution is -2.51. The highest BCUT2D eigenvalue weighted by atomic mass is 16.4. The molecule has 0 saturated carbocycles. The first-order chi connectivity index (χ1) is 9.88. The first-order valence-corrected chi connectivity index (χ1v) is 6.72. The Bertz CT molecular complexity index is 568. The predicted molar refractivity (Wildman–Crippen MR) is 75.5 cm³/mol. The maximum absolute atomic E-state index is 11.9. The van der Waals surface area contributed by atoms with Gasteiger partial charge in [-0.2, -0.15) is 0 Å². The molecule has 6 nitrogen and oxygen atoms in total. The summed E-state index contributed by atoms with van der Waals surface area (Å²) in [6.45, 7) is 2.18. The number of carboxylic acid groups (broad SMARTS) is 1. The SMILES string of the molecule is CC(C(=O)O)c1ccc(CN2CC(=O)N(C)CC2=O)cc1. The van der Waals surface area contributed by atoms with E-state index in [0.29, 0.717) is 12.1 Å². The summed E-state index contributed by atoms with van der Waals surface area (Å²) < 4.78 is 0. The molecule has 1 aromatic carbocycles. The van der Waals surface area contributed by atoms with Gasteiger partial charge in [-0.1, -0.05) is 24.3 Å². The van der Waals surface area contributed by atoms with Crippen molar-refractivity contribution in [2.75, 3.05) is 20.1 Å². The number of nitrogens with zero attached hydrogens (tertiary/aromatic N) is 2. The fourth-order valence-electron chi connectivity index (χ4n) is 2.18. The van der Waals surface area contributed by atoms with Crippen molar-refractivity contribution < 1.29 is 19.5 Å². The third-order valence-corrected chi connectivity index (χ3v) is 3.70. The molecule has 0 aliphatic carbocycles. The van der Waals surface area contributed by atoms with Crippen molar-refractivity contribution in [1.29, 1.82) is 0 Å². The molecule has 1 unspecified atom stereocenters. The lowest BCUT2D eigenvalue weighted by molar-refractivity contribution is -0.149. The number of rotatable bonds is 4. The Hall–Kier alpha value is -2.37. The molecule has 112 valence electrons. The molecule has 1 saturated heterocycles. The molecule has 1 aliphatic rings. The molecule has 0 aromatic heterocycles. The Balaban J connectivity index is 2.05. The Labute approximate surface area is 123 Å². The number of likely N-dealkylation sites (N-methyl/N-ethyl adjacent to an activating group) is 1. The molecule has 21 heavy (non-hydrogen) atoms. The van der Waals surface area contributed by atoms with Gasteiger partial charge in [0.1, 0.15) is 6.54 Å². The van der Waals surface area contributed by atoms with E-state index in [1.54, 1.807) is 38.2 Å². The molecule has 0 radical (unpaired) electrons. The van der Waals surface area contributed by atoms with Gasteiger partial charge in [0.15, 0.2) is 0 Å². The lowest BCUT2D eigenvalue weighted by atomic mass is 10.00. The zero-order chi connectivity index (χ0) is 15.6. The van der Waals surface area contributed by atoms with E-state index in [-0.39, 0.29) is 24.9 Å². The molecule has 0 spiro atoms. The molecule has 2 amide bonds. The maximum Gasteiger partial charge on any atom is 0.310 e. The molecule has 1 N–H and O–H groups in total. The number of amides is 2. The van der Waals surface area contributed by atoms with Gasteiger partial charge >= 0.3 is 5.97 Å². The van der Waals surface area contributed by atoms with Gasteiger partial charge in [-0.05, 0) is 18.1 Å². The van der Waals surface area contributed by atoms with E-state index in [0.717, 1.165) is 5.56 Å². The molecule has 0 bridgehead atoms. The lowest BCUT2D eigenvalue weighted by Gasteiger charge is -2.31. The van der Waals surface area contributed by atoms with Gasteiger partial charge in [-0.15, -0.1) is 0 Å². The zero-order valence-corrected chi connectivity index (χ0v) is 12.1. The van der Waals surface area contributed by atoms with Crippen LogP contribution >= 0.6 is 0 Å². The number of carbonyl (C=O) groups is 3. The number of carbonyl (C=O) groups excluding carboxylic acids is 2. The third kappa shape index (κ3) is 3.39. The fourth-order valence-corrected chi connectivity index (χ4v) is 2.18. The number of hydrogen-bond acceptors (Lipinski definition) is 3. The van der Waals surface area contributed by atoms with Crippen LogP contribution in [-0.4, -0.2) is 52.8 Å². The van der Waals surface area contributed by atoms with Gasteiger partial charge < -0.3 is 14.9 Å². The van der Waals surface area contributed by atoms with Crippen LogP contribution in [0, 0.1) is 0 Å². The summed E-state index contributed by atoms with van der Waals surface area (Å²) in [4.78, 5) is 37.3. The van der Waals surface area contributed by atoms with Gasteiger partial charge in [0, 0.05) is 13.6 Å². The number of carboxylic acids is 1. The van der Waals surface area contributed by atoms with E-state index in [1.165, 1.54) is 9.80 Å². The molecular weight excluding hydrogens is 272 g/mol. The van der Waals surface area contributed by atoms with Crippen molar-refractivity contribution in [3.8, 4) is 0 Å². The third-order valence-electron chi connectivity index (χ3n) is 3.70. The first-order valence-electron chi connectivity index (χ1n) is 6.72. The summed E-state index contributed by atoms with van der Waals surface area (Å²) in [5.41, 5.74) is 1.59. The smallest absolute Gasteiger partial charge is 0.310 e. The summed E-state index contributed by atoms with van der Waals surface area (Å²) in [6.07, 6.45) is 0. The molecule has 1 aromatic rings. The van der Waals surface area contributed by atoms with Crippen molar-refractivity contribution in [2.45, 2.75) is 19.4 Å². The van der Waals surface area contributed by atoms with Gasteiger partial charge in [0.25, 0.3) is 0 Å². The van der Waals surface area contributed by atoms with Gasteiger partial charge in [0.05, 0.1) is 12.5 Å². The molecule has 1 atom stereocenters. The Morgan fingerprint density at radius 2 is 1.81 bits per heavy atom. The summed E-state index contributed by atoms with van der Waals surface area (Å²) in [6, 6.07) is 7.09. The van der Waals surface area contributed by atoms with Crippen molar-refractivity contribution in [3.05, 3.63) is 35.4 Å². The highest BCUT2D eigenvalue weighted by molar-refractivity contribution is 5.92. The van der Waals surface area contributed by atoms with Crippen LogP contribution in [0.25, 0.3) is 0 Å². The summed E-state index contributed by atoms with van der Waals surface area (Å²) in [5.74, 6) is -1.60. The Morgan fingerprint density at radius 3 is 2.38 bits per heavy atom. The number of aliphatic carboxylic acids is 1. The Morgan fingerprint density at radius 1 is 1.19 bits per heavy atom. The molecule has 1 fully saturated rings.